The van der Waals surface area contributed by atoms with Crippen molar-refractivity contribution in [3.63, 3.8) is 0 Å². The Balaban J connectivity index is 2.57. The highest BCUT2D eigenvalue weighted by Gasteiger charge is 2.11. The van der Waals surface area contributed by atoms with Crippen LogP contribution >= 0.6 is 15.9 Å². The Morgan fingerprint density at radius 3 is 2.55 bits per heavy atom. The van der Waals surface area contributed by atoms with Crippen LogP contribution in [0.5, 0.6) is 5.75 Å². The van der Waals surface area contributed by atoms with E-state index in [2.05, 4.69) is 52.2 Å². The summed E-state index contributed by atoms with van der Waals surface area (Å²) in [5, 5.41) is 0. The lowest BCUT2D eigenvalue weighted by Crippen LogP contribution is -2.39. The molecule has 0 aliphatic rings. The molecule has 114 valence electrons. The molecule has 0 bridgehead atoms. The van der Waals surface area contributed by atoms with Crippen LogP contribution in [0.25, 0.3) is 0 Å². The number of halogens is 1. The highest BCUT2D eigenvalue weighted by molar-refractivity contribution is 9.10. The second kappa shape index (κ2) is 9.34. The molecule has 0 radical (unpaired) electrons. The first-order valence-corrected chi connectivity index (χ1v) is 7.94. The minimum atomic E-state index is 0.288. The summed E-state index contributed by atoms with van der Waals surface area (Å²) >= 11 is 3.52. The van der Waals surface area contributed by atoms with Crippen LogP contribution < -0.4 is 16.0 Å². The van der Waals surface area contributed by atoms with Crippen LogP contribution in [0.4, 0.5) is 0 Å². The Bertz CT molecular complexity index is 397. The maximum Gasteiger partial charge on any atom is 0.133 e. The number of rotatable bonds is 9. The lowest BCUT2D eigenvalue weighted by Gasteiger charge is -2.22. The number of nitrogens with one attached hydrogen (secondary N) is 1. The summed E-state index contributed by atoms with van der Waals surface area (Å²) in [5.74, 6) is 6.53. The van der Waals surface area contributed by atoms with E-state index in [0.717, 1.165) is 42.7 Å². The maximum atomic E-state index is 5.68. The first-order chi connectivity index (χ1) is 9.64. The molecule has 0 aliphatic carbocycles. The van der Waals surface area contributed by atoms with Crippen molar-refractivity contribution < 1.29 is 4.74 Å². The normalized spacial score (nSPS) is 12.7. The van der Waals surface area contributed by atoms with Crippen LogP contribution in [0.15, 0.2) is 22.7 Å². The smallest absolute Gasteiger partial charge is 0.133 e. The molecule has 0 aromatic heterocycles. The molecular weight excluding hydrogens is 318 g/mol. The van der Waals surface area contributed by atoms with Gasteiger partial charge >= 0.3 is 0 Å². The summed E-state index contributed by atoms with van der Waals surface area (Å²) in [4.78, 5) is 2.41. The first kappa shape index (κ1) is 17.4. The van der Waals surface area contributed by atoms with Gasteiger partial charge in [-0.15, -0.1) is 0 Å². The lowest BCUT2D eigenvalue weighted by atomic mass is 10.0. The Hall–Kier alpha value is -0.620. The molecular formula is C15H26BrN3O. The predicted octanol–water partition coefficient (Wildman–Crippen LogP) is 2.56. The van der Waals surface area contributed by atoms with Crippen LogP contribution in [0.2, 0.25) is 0 Å². The molecule has 0 fully saturated rings. The van der Waals surface area contributed by atoms with Crippen molar-refractivity contribution in [1.82, 2.24) is 10.3 Å². The van der Waals surface area contributed by atoms with E-state index in [1.807, 2.05) is 6.07 Å². The number of hydrogen-bond donors (Lipinski definition) is 2. The first-order valence-electron chi connectivity index (χ1n) is 7.15. The van der Waals surface area contributed by atoms with Gasteiger partial charge in [-0.25, -0.2) is 0 Å². The van der Waals surface area contributed by atoms with Crippen molar-refractivity contribution in [3.05, 3.63) is 28.2 Å². The number of methoxy groups -OCH3 is 1. The summed E-state index contributed by atoms with van der Waals surface area (Å²) < 4.78 is 6.23. The van der Waals surface area contributed by atoms with Gasteiger partial charge in [0, 0.05) is 6.04 Å². The maximum absolute atomic E-state index is 5.68. The van der Waals surface area contributed by atoms with E-state index in [0.29, 0.717) is 0 Å². The van der Waals surface area contributed by atoms with Crippen molar-refractivity contribution in [2.24, 2.45) is 5.84 Å². The van der Waals surface area contributed by atoms with Crippen molar-refractivity contribution >= 4 is 15.9 Å². The quantitative estimate of drug-likeness (QED) is 0.534. The topological polar surface area (TPSA) is 50.5 Å². The second-order valence-electron chi connectivity index (χ2n) is 4.85. The predicted molar refractivity (Wildman–Crippen MR) is 87.9 cm³/mol. The third kappa shape index (κ3) is 5.40. The molecule has 1 atom stereocenters. The van der Waals surface area contributed by atoms with Crippen LogP contribution in [0, 0.1) is 0 Å². The molecule has 1 aromatic carbocycles. The van der Waals surface area contributed by atoms with Crippen LogP contribution in [0.1, 0.15) is 25.8 Å². The number of benzene rings is 1. The molecule has 5 heteroatoms. The Morgan fingerprint density at radius 2 is 2.05 bits per heavy atom. The zero-order chi connectivity index (χ0) is 15.0. The Morgan fingerprint density at radius 1 is 1.35 bits per heavy atom. The molecule has 1 aromatic rings. The summed E-state index contributed by atoms with van der Waals surface area (Å²) in [6, 6.07) is 6.46. The van der Waals surface area contributed by atoms with E-state index < -0.39 is 0 Å². The minimum absolute atomic E-state index is 0.288. The molecule has 1 rings (SSSR count). The zero-order valence-electron chi connectivity index (χ0n) is 12.7. The van der Waals surface area contributed by atoms with E-state index in [1.54, 1.807) is 7.11 Å². The molecule has 0 heterocycles. The van der Waals surface area contributed by atoms with E-state index in [-0.39, 0.29) is 6.04 Å². The standard InChI is InChI=1S/C15H26BrN3O/c1-4-19(5-2)9-8-13(18-17)10-12-6-7-15(20-3)14(16)11-12/h6-7,11,13,18H,4-5,8-10,17H2,1-3H3. The Kier molecular flexibility index (Phi) is 8.14. The van der Waals surface area contributed by atoms with Crippen LogP contribution in [0.3, 0.4) is 0 Å². The molecule has 0 saturated carbocycles. The van der Waals surface area contributed by atoms with Gasteiger partial charge in [0.1, 0.15) is 5.75 Å². The third-order valence-electron chi connectivity index (χ3n) is 3.62. The van der Waals surface area contributed by atoms with Gasteiger partial charge in [0.15, 0.2) is 0 Å². The Labute approximate surface area is 130 Å². The zero-order valence-corrected chi connectivity index (χ0v) is 14.2. The van der Waals surface area contributed by atoms with Gasteiger partial charge in [-0.05, 0) is 66.1 Å². The SMILES string of the molecule is CCN(CC)CCC(Cc1ccc(OC)c(Br)c1)NN. The van der Waals surface area contributed by atoms with Gasteiger partial charge in [-0.1, -0.05) is 19.9 Å². The number of ether oxygens (including phenoxy) is 1. The van der Waals surface area contributed by atoms with E-state index in [1.165, 1.54) is 5.56 Å². The van der Waals surface area contributed by atoms with Crippen molar-refractivity contribution in [2.75, 3.05) is 26.7 Å². The van der Waals surface area contributed by atoms with Gasteiger partial charge in [0.05, 0.1) is 11.6 Å². The van der Waals surface area contributed by atoms with Crippen molar-refractivity contribution in [1.29, 1.82) is 0 Å². The molecule has 20 heavy (non-hydrogen) atoms. The van der Waals surface area contributed by atoms with Crippen molar-refractivity contribution in [2.45, 2.75) is 32.7 Å². The fourth-order valence-corrected chi connectivity index (χ4v) is 2.83. The van der Waals surface area contributed by atoms with Crippen LogP contribution in [-0.2, 0) is 6.42 Å². The van der Waals surface area contributed by atoms with Gasteiger partial charge in [0.25, 0.3) is 0 Å². The highest BCUT2D eigenvalue weighted by atomic mass is 79.9. The molecule has 1 unspecified atom stereocenters. The molecule has 0 amide bonds. The number of hydrazine groups is 1. The van der Waals surface area contributed by atoms with E-state index in [4.69, 9.17) is 10.6 Å². The van der Waals surface area contributed by atoms with Gasteiger partial charge in [0.2, 0.25) is 0 Å². The van der Waals surface area contributed by atoms with Gasteiger partial charge in [-0.2, -0.15) is 0 Å². The fourth-order valence-electron chi connectivity index (χ4n) is 2.24. The lowest BCUT2D eigenvalue weighted by molar-refractivity contribution is 0.281. The molecule has 0 saturated heterocycles. The summed E-state index contributed by atoms with van der Waals surface area (Å²) in [5.41, 5.74) is 4.18. The summed E-state index contributed by atoms with van der Waals surface area (Å²) in [6.07, 6.45) is 1.96. The second-order valence-corrected chi connectivity index (χ2v) is 5.71. The van der Waals surface area contributed by atoms with E-state index >= 15 is 0 Å². The number of nitrogens with two attached hydrogens (primary N) is 1. The average Bonchev–Trinajstić information content (AvgIpc) is 2.47. The average molecular weight is 344 g/mol. The highest BCUT2D eigenvalue weighted by Crippen LogP contribution is 2.26. The fraction of sp³-hybridized carbons (Fsp3) is 0.600. The molecule has 3 N–H and O–H groups in total. The molecule has 0 aliphatic heterocycles. The van der Waals surface area contributed by atoms with Gasteiger partial charge < -0.3 is 9.64 Å². The van der Waals surface area contributed by atoms with E-state index in [9.17, 15) is 0 Å². The molecule has 4 nitrogen and oxygen atoms in total. The van der Waals surface area contributed by atoms with Crippen LogP contribution in [-0.4, -0.2) is 37.7 Å². The largest absolute Gasteiger partial charge is 0.496 e. The molecule has 0 spiro atoms. The van der Waals surface area contributed by atoms with Gasteiger partial charge in [-0.3, -0.25) is 11.3 Å². The monoisotopic (exact) mass is 343 g/mol. The minimum Gasteiger partial charge on any atom is -0.496 e. The summed E-state index contributed by atoms with van der Waals surface area (Å²) in [6.45, 7) is 7.62. The summed E-state index contributed by atoms with van der Waals surface area (Å²) in [7, 11) is 1.67. The number of nitrogens with zero attached hydrogens (tertiary/aromatic N) is 1. The van der Waals surface area contributed by atoms with Crippen molar-refractivity contribution in [3.8, 4) is 5.75 Å². The third-order valence-corrected chi connectivity index (χ3v) is 4.24. The number of hydrogen-bond acceptors (Lipinski definition) is 4.